The van der Waals surface area contributed by atoms with Gasteiger partial charge in [0.05, 0.1) is 0 Å². The van der Waals surface area contributed by atoms with Crippen LogP contribution >= 0.6 is 11.8 Å². The fraction of sp³-hybridized carbons (Fsp3) is 0.786. The zero-order chi connectivity index (χ0) is 13.9. The van der Waals surface area contributed by atoms with Crippen molar-refractivity contribution in [3.8, 4) is 0 Å². The largest absolute Gasteiger partial charge is 0.353 e. The summed E-state index contributed by atoms with van der Waals surface area (Å²) >= 11 is 1.72. The highest BCUT2D eigenvalue weighted by Gasteiger charge is 2.31. The maximum absolute atomic E-state index is 11.8. The van der Waals surface area contributed by atoms with Gasteiger partial charge in [0.25, 0.3) is 0 Å². The molecule has 0 aromatic carbocycles. The zero-order valence-corrected chi connectivity index (χ0v) is 12.8. The number of carbonyl (C=O) groups is 1. The predicted molar refractivity (Wildman–Crippen MR) is 79.9 cm³/mol. The molecule has 2 aliphatic rings. The third-order valence-corrected chi connectivity index (χ3v) is 4.73. The van der Waals surface area contributed by atoms with E-state index in [1.54, 1.807) is 11.8 Å². The molecule has 0 saturated heterocycles. The van der Waals surface area contributed by atoms with Crippen molar-refractivity contribution in [1.29, 1.82) is 0 Å². The van der Waals surface area contributed by atoms with Crippen LogP contribution in [0.5, 0.6) is 0 Å². The van der Waals surface area contributed by atoms with Gasteiger partial charge in [-0.25, -0.2) is 0 Å². The quantitative estimate of drug-likeness (QED) is 0.898. The summed E-state index contributed by atoms with van der Waals surface area (Å²) in [6, 6.07) is 0.290. The monoisotopic (exact) mass is 294 g/mol. The topological polar surface area (TPSA) is 59.8 Å². The molecule has 1 aromatic heterocycles. The summed E-state index contributed by atoms with van der Waals surface area (Å²) in [6.07, 6.45) is 8.07. The minimum absolute atomic E-state index is 0.185. The first-order valence-electron chi connectivity index (χ1n) is 7.48. The number of nitrogens with one attached hydrogen (secondary N) is 1. The normalized spacial score (nSPS) is 22.1. The Morgan fingerprint density at radius 2 is 2.20 bits per heavy atom. The summed E-state index contributed by atoms with van der Waals surface area (Å²) in [5.74, 6) is 4.01. The Labute approximate surface area is 123 Å². The molecular weight excluding hydrogens is 272 g/mol. The van der Waals surface area contributed by atoms with Crippen LogP contribution < -0.4 is 5.32 Å². The Balaban J connectivity index is 1.57. The summed E-state index contributed by atoms with van der Waals surface area (Å²) in [5, 5.41) is 11.9. The average Bonchev–Trinajstić information content (AvgIpc) is 3.24. The van der Waals surface area contributed by atoms with Gasteiger partial charge in [-0.2, -0.15) is 11.8 Å². The highest BCUT2D eigenvalue weighted by Crippen LogP contribution is 2.39. The molecule has 1 aliphatic heterocycles. The smallest absolute Gasteiger partial charge is 0.221 e. The molecule has 1 fully saturated rings. The van der Waals surface area contributed by atoms with Crippen molar-refractivity contribution in [3.63, 3.8) is 0 Å². The van der Waals surface area contributed by atoms with Crippen molar-refractivity contribution >= 4 is 17.7 Å². The molecule has 20 heavy (non-hydrogen) atoms. The number of rotatable bonds is 5. The predicted octanol–water partition coefficient (Wildman–Crippen LogP) is 1.73. The number of carbonyl (C=O) groups excluding carboxylic acids is 1. The molecule has 1 amide bonds. The first-order valence-corrected chi connectivity index (χ1v) is 8.87. The molecule has 1 unspecified atom stereocenters. The Bertz CT molecular complexity index is 484. The number of thioether (sulfide) groups is 1. The third-order valence-electron chi connectivity index (χ3n) is 4.11. The fourth-order valence-electron chi connectivity index (χ4n) is 2.79. The maximum atomic E-state index is 11.8. The fourth-order valence-corrected chi connectivity index (χ4v) is 3.18. The Hall–Kier alpha value is -1.04. The second-order valence-corrected chi connectivity index (χ2v) is 6.72. The van der Waals surface area contributed by atoms with Gasteiger partial charge in [0, 0.05) is 37.1 Å². The van der Waals surface area contributed by atoms with Gasteiger partial charge in [-0.05, 0) is 31.9 Å². The lowest BCUT2D eigenvalue weighted by atomic mass is 10.1. The van der Waals surface area contributed by atoms with Gasteiger partial charge in [-0.1, -0.05) is 0 Å². The number of hydrogen-bond donors (Lipinski definition) is 1. The van der Waals surface area contributed by atoms with Crippen molar-refractivity contribution in [3.05, 3.63) is 11.6 Å². The van der Waals surface area contributed by atoms with Crippen LogP contribution in [-0.2, 0) is 17.8 Å². The van der Waals surface area contributed by atoms with Gasteiger partial charge >= 0.3 is 0 Å². The standard InChI is InChI=1S/C14H22N4OS/c1-20-9-7-13(19)15-11-4-5-12-16-17-14(10-2-3-10)18(12)8-6-11/h10-11H,2-9H2,1H3,(H,15,19). The molecule has 0 spiro atoms. The number of amides is 1. The first kappa shape index (κ1) is 13.9. The van der Waals surface area contributed by atoms with E-state index in [2.05, 4.69) is 20.1 Å². The average molecular weight is 294 g/mol. The number of fused-ring (bicyclic) bond motifs is 1. The molecule has 110 valence electrons. The second-order valence-electron chi connectivity index (χ2n) is 5.73. The molecule has 3 rings (SSSR count). The van der Waals surface area contributed by atoms with Crippen LogP contribution in [0.1, 0.15) is 49.7 Å². The van der Waals surface area contributed by atoms with Crippen LogP contribution in [0.15, 0.2) is 0 Å². The van der Waals surface area contributed by atoms with E-state index in [-0.39, 0.29) is 11.9 Å². The summed E-state index contributed by atoms with van der Waals surface area (Å²) in [5.41, 5.74) is 0. The van der Waals surface area contributed by atoms with E-state index in [4.69, 9.17) is 0 Å². The van der Waals surface area contributed by atoms with E-state index in [0.717, 1.165) is 37.4 Å². The molecule has 0 bridgehead atoms. The van der Waals surface area contributed by atoms with Crippen LogP contribution in [0, 0.1) is 0 Å². The lowest BCUT2D eigenvalue weighted by Gasteiger charge is -2.16. The van der Waals surface area contributed by atoms with Crippen LogP contribution in [-0.4, -0.2) is 38.7 Å². The molecule has 2 heterocycles. The summed E-state index contributed by atoms with van der Waals surface area (Å²) in [6.45, 7) is 0.946. The summed E-state index contributed by atoms with van der Waals surface area (Å²) in [7, 11) is 0. The van der Waals surface area contributed by atoms with E-state index in [0.29, 0.717) is 12.3 Å². The van der Waals surface area contributed by atoms with Gasteiger partial charge in [-0.3, -0.25) is 4.79 Å². The minimum Gasteiger partial charge on any atom is -0.353 e. The van der Waals surface area contributed by atoms with Gasteiger partial charge in [0.1, 0.15) is 11.6 Å². The van der Waals surface area contributed by atoms with E-state index < -0.39 is 0 Å². The number of hydrogen-bond acceptors (Lipinski definition) is 4. The van der Waals surface area contributed by atoms with Crippen LogP contribution in [0.3, 0.4) is 0 Å². The number of nitrogens with zero attached hydrogens (tertiary/aromatic N) is 3. The first-order chi connectivity index (χ1) is 9.78. The molecule has 1 aromatic rings. The molecular formula is C14H22N4OS. The number of aryl methyl sites for hydroxylation is 1. The Morgan fingerprint density at radius 3 is 2.95 bits per heavy atom. The highest BCUT2D eigenvalue weighted by atomic mass is 32.2. The molecule has 6 heteroatoms. The van der Waals surface area contributed by atoms with Gasteiger partial charge in [0.2, 0.25) is 5.91 Å². The second kappa shape index (κ2) is 6.16. The maximum Gasteiger partial charge on any atom is 0.221 e. The van der Waals surface area contributed by atoms with Gasteiger partial charge in [-0.15, -0.1) is 10.2 Å². The minimum atomic E-state index is 0.185. The highest BCUT2D eigenvalue weighted by molar-refractivity contribution is 7.98. The SMILES string of the molecule is CSCCC(=O)NC1CCc2nnc(C3CC3)n2CC1. The lowest BCUT2D eigenvalue weighted by Crippen LogP contribution is -2.35. The van der Waals surface area contributed by atoms with Crippen molar-refractivity contribution < 1.29 is 4.79 Å². The molecule has 1 N–H and O–H groups in total. The zero-order valence-electron chi connectivity index (χ0n) is 12.0. The molecule has 1 aliphatic carbocycles. The third kappa shape index (κ3) is 3.16. The molecule has 5 nitrogen and oxygen atoms in total. The van der Waals surface area contributed by atoms with Crippen LogP contribution in [0.4, 0.5) is 0 Å². The lowest BCUT2D eigenvalue weighted by molar-refractivity contribution is -0.121. The van der Waals surface area contributed by atoms with Crippen molar-refractivity contribution in [2.24, 2.45) is 0 Å². The van der Waals surface area contributed by atoms with E-state index >= 15 is 0 Å². The van der Waals surface area contributed by atoms with E-state index in [9.17, 15) is 4.79 Å². The van der Waals surface area contributed by atoms with Crippen molar-refractivity contribution in [1.82, 2.24) is 20.1 Å². The van der Waals surface area contributed by atoms with Crippen LogP contribution in [0.25, 0.3) is 0 Å². The van der Waals surface area contributed by atoms with Crippen molar-refractivity contribution in [2.75, 3.05) is 12.0 Å². The van der Waals surface area contributed by atoms with E-state index in [1.165, 1.54) is 18.7 Å². The Morgan fingerprint density at radius 1 is 1.35 bits per heavy atom. The Kier molecular flexibility index (Phi) is 4.29. The van der Waals surface area contributed by atoms with Gasteiger partial charge in [0.15, 0.2) is 0 Å². The summed E-state index contributed by atoms with van der Waals surface area (Å²) < 4.78 is 2.30. The van der Waals surface area contributed by atoms with Crippen molar-refractivity contribution in [2.45, 2.75) is 57.0 Å². The molecule has 0 radical (unpaired) electrons. The molecule has 1 atom stereocenters. The van der Waals surface area contributed by atoms with Gasteiger partial charge < -0.3 is 9.88 Å². The molecule has 1 saturated carbocycles. The number of aromatic nitrogens is 3. The van der Waals surface area contributed by atoms with Crippen LogP contribution in [0.2, 0.25) is 0 Å². The van der Waals surface area contributed by atoms with E-state index in [1.807, 2.05) is 6.26 Å². The summed E-state index contributed by atoms with van der Waals surface area (Å²) in [4.78, 5) is 11.8.